The fraction of sp³-hybridized carbons (Fsp3) is 0.912. The van der Waals surface area contributed by atoms with Gasteiger partial charge in [-0.3, -0.25) is 10.5 Å². The minimum atomic E-state index is -0.981. The Balaban J connectivity index is 1.40. The zero-order chi connectivity index (χ0) is 31.0. The van der Waals surface area contributed by atoms with E-state index >= 15 is 0 Å². The van der Waals surface area contributed by atoms with Crippen LogP contribution in [0.25, 0.3) is 0 Å². The van der Waals surface area contributed by atoms with E-state index in [9.17, 15) is 10.5 Å². The summed E-state index contributed by atoms with van der Waals surface area (Å²) < 4.78 is 27.5. The average molecular weight is 618 g/mol. The van der Waals surface area contributed by atoms with Crippen LogP contribution >= 0.6 is 0 Å². The summed E-state index contributed by atoms with van der Waals surface area (Å²) in [6.45, 7) is 11.0. The predicted molar refractivity (Wildman–Crippen MR) is 159 cm³/mol. The third-order valence-corrected chi connectivity index (χ3v) is 13.6. The van der Waals surface area contributed by atoms with Crippen molar-refractivity contribution in [3.05, 3.63) is 0 Å². The highest BCUT2D eigenvalue weighted by atomic mass is 17.1. The third kappa shape index (κ3) is 4.41. The van der Waals surface area contributed by atoms with Crippen LogP contribution in [0.3, 0.4) is 0 Å². The second kappa shape index (κ2) is 11.7. The van der Waals surface area contributed by atoms with Gasteiger partial charge in [0.1, 0.15) is 6.10 Å². The Morgan fingerprint density at radius 2 is 1.43 bits per heavy atom. The Labute approximate surface area is 261 Å². The molecule has 6 bridgehead atoms. The number of hydrogen-bond donors (Lipinski definition) is 2. The Morgan fingerprint density at radius 1 is 0.773 bits per heavy atom. The van der Waals surface area contributed by atoms with Gasteiger partial charge in [0.25, 0.3) is 0 Å². The fourth-order valence-electron chi connectivity index (χ4n) is 11.4. The lowest BCUT2D eigenvalue weighted by Gasteiger charge is -2.61. The molecule has 2 N–H and O–H groups in total. The number of hydrogen-bond acceptors (Lipinski definition) is 10. The highest BCUT2D eigenvalue weighted by Gasteiger charge is 2.70. The van der Waals surface area contributed by atoms with Crippen molar-refractivity contribution in [3.63, 3.8) is 0 Å². The quantitative estimate of drug-likeness (QED) is 0.182. The van der Waals surface area contributed by atoms with Gasteiger partial charge in [-0.25, -0.2) is 9.78 Å². The number of terminal acetylenes is 1. The van der Waals surface area contributed by atoms with Crippen molar-refractivity contribution < 1.29 is 44.1 Å². The van der Waals surface area contributed by atoms with E-state index in [1.54, 1.807) is 0 Å². The van der Waals surface area contributed by atoms with Crippen LogP contribution in [0.2, 0.25) is 0 Å². The van der Waals surface area contributed by atoms with Crippen LogP contribution in [0.1, 0.15) is 86.0 Å². The Kier molecular flexibility index (Phi) is 8.36. The van der Waals surface area contributed by atoms with Gasteiger partial charge in [-0.2, -0.15) is 0 Å². The van der Waals surface area contributed by atoms with Crippen molar-refractivity contribution in [2.45, 2.75) is 134 Å². The SMILES string of the molecule is C#CCO/N=C1/C[C@H]2O[C@@H]3O[C@@H](C)CC[C@H]4[C@H](C)C(C[C@@H]([C@H]2C)[C@@]34OO)[C@H]2CCC3[C@H](C)CC[C@H]4[C@@H](C)[C@@H]1O[C@H](O2)[C@@]34OO. The minimum Gasteiger partial charge on any atom is -0.383 e. The maximum Gasteiger partial charge on any atom is 0.191 e. The monoisotopic (exact) mass is 617 g/mol. The molecule has 2 unspecified atom stereocenters. The van der Waals surface area contributed by atoms with Crippen molar-refractivity contribution in [1.82, 2.24) is 0 Å². The fourth-order valence-corrected chi connectivity index (χ4v) is 11.4. The molecule has 5 aliphatic heterocycles. The lowest BCUT2D eigenvalue weighted by Crippen LogP contribution is -2.71. The third-order valence-electron chi connectivity index (χ3n) is 13.6. The summed E-state index contributed by atoms with van der Waals surface area (Å²) in [6.07, 6.45) is 9.78. The molecule has 10 heteroatoms. The molecule has 2 saturated carbocycles. The molecule has 0 aromatic rings. The molecule has 5 saturated heterocycles. The second-order valence-corrected chi connectivity index (χ2v) is 15.3. The summed E-state index contributed by atoms with van der Waals surface area (Å²) in [7, 11) is 0. The van der Waals surface area contributed by atoms with Crippen LogP contribution < -0.4 is 0 Å². The molecule has 0 aromatic carbocycles. The lowest BCUT2D eigenvalue weighted by atomic mass is 9.53. The topological polar surface area (TPSA) is 117 Å². The molecule has 17 atom stereocenters. The van der Waals surface area contributed by atoms with Gasteiger partial charge < -0.3 is 23.8 Å². The summed E-state index contributed by atoms with van der Waals surface area (Å²) >= 11 is 0. The largest absolute Gasteiger partial charge is 0.383 e. The zero-order valence-corrected chi connectivity index (χ0v) is 26.8. The van der Waals surface area contributed by atoms with E-state index in [2.05, 4.69) is 45.7 Å². The molecule has 7 fully saturated rings. The van der Waals surface area contributed by atoms with Crippen molar-refractivity contribution in [2.24, 2.45) is 58.4 Å². The number of fused-ring (bicyclic) bond motifs is 5. The normalized spacial score (nSPS) is 55.7. The van der Waals surface area contributed by atoms with Crippen LogP contribution in [-0.4, -0.2) is 71.0 Å². The van der Waals surface area contributed by atoms with Gasteiger partial charge in [0.05, 0.1) is 24.0 Å². The Bertz CT molecular complexity index is 1140. The van der Waals surface area contributed by atoms with Crippen LogP contribution in [0, 0.1) is 65.6 Å². The van der Waals surface area contributed by atoms with Gasteiger partial charge >= 0.3 is 0 Å². The van der Waals surface area contributed by atoms with Gasteiger partial charge in [0.15, 0.2) is 30.4 Å². The molecule has 0 spiro atoms. The predicted octanol–water partition coefficient (Wildman–Crippen LogP) is 5.50. The molecule has 5 heterocycles. The highest BCUT2D eigenvalue weighted by molar-refractivity contribution is 5.89. The van der Waals surface area contributed by atoms with E-state index in [1.165, 1.54) is 0 Å². The molecule has 0 aromatic heterocycles. The molecule has 246 valence electrons. The maximum absolute atomic E-state index is 10.8. The van der Waals surface area contributed by atoms with E-state index < -0.39 is 29.9 Å². The standard InChI is InChI=1S/C34H51NO9/c1-7-14-38-35-27-16-29-20(5)26-15-22(19(4)24-11-9-18(3)39-31(41-29)34(24,26)44-37)28-13-12-23-17(2)8-10-25-21(6)30(27)42-32(40-28)33(23,25)43-36/h1,17-26,28-32,36-37H,8-16H2,2-6H3/b35-27-/t17-,18+,19-,20-,21-,22?,23?,24+,25+,26+,28-,29-,30+,31+,32+,33-,34-/m1/s1. The van der Waals surface area contributed by atoms with Crippen molar-refractivity contribution in [1.29, 1.82) is 0 Å². The second-order valence-electron chi connectivity index (χ2n) is 15.3. The van der Waals surface area contributed by atoms with Crippen molar-refractivity contribution in [3.8, 4) is 12.3 Å². The minimum absolute atomic E-state index is 0.000372. The maximum atomic E-state index is 10.8. The van der Waals surface area contributed by atoms with Gasteiger partial charge in [0.2, 0.25) is 0 Å². The molecule has 44 heavy (non-hydrogen) atoms. The van der Waals surface area contributed by atoms with E-state index in [0.717, 1.165) is 44.9 Å². The molecule has 7 rings (SSSR count). The average Bonchev–Trinajstić information content (AvgIpc) is 3.27. The molecular formula is C34H51NO9. The summed E-state index contributed by atoms with van der Waals surface area (Å²) in [5, 5.41) is 26.3. The first-order valence-electron chi connectivity index (χ1n) is 17.1. The summed E-state index contributed by atoms with van der Waals surface area (Å²) in [6, 6.07) is 0. The summed E-state index contributed by atoms with van der Waals surface area (Å²) in [5.41, 5.74) is -1.25. The summed E-state index contributed by atoms with van der Waals surface area (Å²) in [4.78, 5) is 17.0. The van der Waals surface area contributed by atoms with Gasteiger partial charge in [0, 0.05) is 18.3 Å². The number of oxime groups is 1. The molecule has 7 aliphatic rings. The Hall–Kier alpha value is -1.29. The van der Waals surface area contributed by atoms with Crippen molar-refractivity contribution in [2.75, 3.05) is 6.61 Å². The van der Waals surface area contributed by atoms with Gasteiger partial charge in [-0.15, -0.1) is 6.42 Å². The van der Waals surface area contributed by atoms with Gasteiger partial charge in [-0.05, 0) is 93.3 Å². The highest BCUT2D eigenvalue weighted by Crippen LogP contribution is 2.62. The molecular weight excluding hydrogens is 566 g/mol. The first kappa shape index (κ1) is 31.3. The first-order valence-corrected chi connectivity index (χ1v) is 17.1. The van der Waals surface area contributed by atoms with E-state index in [4.69, 9.17) is 40.0 Å². The number of nitrogens with zero attached hydrogens (tertiary/aromatic N) is 1. The van der Waals surface area contributed by atoms with E-state index in [1.807, 2.05) is 0 Å². The smallest absolute Gasteiger partial charge is 0.191 e. The van der Waals surface area contributed by atoms with Crippen molar-refractivity contribution >= 4 is 5.71 Å². The first-order chi connectivity index (χ1) is 21.2. The number of ether oxygens (including phenoxy) is 4. The lowest BCUT2D eigenvalue weighted by molar-refractivity contribution is -0.453. The van der Waals surface area contributed by atoms with E-state index in [-0.39, 0.29) is 72.3 Å². The molecule has 0 amide bonds. The molecule has 2 aliphatic carbocycles. The number of rotatable bonds is 4. The van der Waals surface area contributed by atoms with E-state index in [0.29, 0.717) is 18.1 Å². The molecule has 0 radical (unpaired) electrons. The Morgan fingerprint density at radius 3 is 2.18 bits per heavy atom. The summed E-state index contributed by atoms with van der Waals surface area (Å²) in [5.74, 6) is 3.26. The van der Waals surface area contributed by atoms with Crippen LogP contribution in [0.15, 0.2) is 5.16 Å². The van der Waals surface area contributed by atoms with Crippen LogP contribution in [0.4, 0.5) is 0 Å². The van der Waals surface area contributed by atoms with Crippen LogP contribution in [-0.2, 0) is 33.6 Å². The zero-order valence-electron chi connectivity index (χ0n) is 26.8. The molecule has 10 nitrogen and oxygen atoms in total. The van der Waals surface area contributed by atoms with Gasteiger partial charge in [-0.1, -0.05) is 38.8 Å². The van der Waals surface area contributed by atoms with Crippen LogP contribution in [0.5, 0.6) is 0 Å².